The standard InChI is InChI=1S/C14H18Cl2N2O/c1-2-4-13-14(19)18(8-3-7-17-13)10-5-6-11(15)12(16)9-10/h5-6,9,13,17H,2-4,7-8H2,1H3. The molecule has 1 unspecified atom stereocenters. The Balaban J connectivity index is 2.25. The van der Waals surface area contributed by atoms with Gasteiger partial charge in [0.1, 0.15) is 0 Å². The van der Waals surface area contributed by atoms with Crippen LogP contribution in [0.25, 0.3) is 0 Å². The number of anilines is 1. The normalized spacial score (nSPS) is 20.5. The second kappa shape index (κ2) is 6.60. The molecule has 5 heteroatoms. The van der Waals surface area contributed by atoms with Gasteiger partial charge in [0.2, 0.25) is 5.91 Å². The van der Waals surface area contributed by atoms with E-state index in [1.165, 1.54) is 0 Å². The van der Waals surface area contributed by atoms with Crippen LogP contribution in [0.2, 0.25) is 10.0 Å². The van der Waals surface area contributed by atoms with E-state index >= 15 is 0 Å². The number of nitrogens with one attached hydrogen (secondary N) is 1. The van der Waals surface area contributed by atoms with Crippen LogP contribution >= 0.6 is 23.2 Å². The van der Waals surface area contributed by atoms with Gasteiger partial charge in [0.05, 0.1) is 16.1 Å². The summed E-state index contributed by atoms with van der Waals surface area (Å²) in [5.41, 5.74) is 0.823. The van der Waals surface area contributed by atoms with Crippen LogP contribution < -0.4 is 10.2 Å². The molecule has 0 radical (unpaired) electrons. The molecule has 1 aliphatic rings. The summed E-state index contributed by atoms with van der Waals surface area (Å²) >= 11 is 12.0. The molecule has 0 saturated carbocycles. The minimum Gasteiger partial charge on any atom is -0.311 e. The van der Waals surface area contributed by atoms with E-state index in [0.717, 1.165) is 31.5 Å². The predicted molar refractivity (Wildman–Crippen MR) is 80.1 cm³/mol. The Hall–Kier alpha value is -0.770. The summed E-state index contributed by atoms with van der Waals surface area (Å²) in [5, 5.41) is 4.30. The molecule has 1 aromatic carbocycles. The lowest BCUT2D eigenvalue weighted by atomic mass is 10.1. The number of carbonyl (C=O) groups excluding carboxylic acids is 1. The minimum absolute atomic E-state index is 0.0954. The van der Waals surface area contributed by atoms with Crippen molar-refractivity contribution in [2.45, 2.75) is 32.2 Å². The second-order valence-electron chi connectivity index (χ2n) is 4.74. The van der Waals surface area contributed by atoms with Crippen molar-refractivity contribution >= 4 is 34.8 Å². The number of amides is 1. The van der Waals surface area contributed by atoms with E-state index in [2.05, 4.69) is 12.2 Å². The van der Waals surface area contributed by atoms with Crippen LogP contribution in [0.5, 0.6) is 0 Å². The SMILES string of the molecule is CCCC1NCCCN(c2ccc(Cl)c(Cl)c2)C1=O. The fourth-order valence-corrected chi connectivity index (χ4v) is 2.61. The summed E-state index contributed by atoms with van der Waals surface area (Å²) in [4.78, 5) is 14.3. The zero-order valence-corrected chi connectivity index (χ0v) is 12.5. The van der Waals surface area contributed by atoms with Crippen LogP contribution in [0, 0.1) is 0 Å². The molecule has 19 heavy (non-hydrogen) atoms. The zero-order valence-electron chi connectivity index (χ0n) is 11.0. The highest BCUT2D eigenvalue weighted by atomic mass is 35.5. The van der Waals surface area contributed by atoms with Gasteiger partial charge in [-0.25, -0.2) is 0 Å². The Morgan fingerprint density at radius 3 is 2.84 bits per heavy atom. The van der Waals surface area contributed by atoms with E-state index in [-0.39, 0.29) is 11.9 Å². The number of halogens is 2. The monoisotopic (exact) mass is 300 g/mol. The summed E-state index contributed by atoms with van der Waals surface area (Å²) in [6.45, 7) is 3.67. The first-order valence-corrected chi connectivity index (χ1v) is 7.39. The van der Waals surface area contributed by atoms with E-state index in [0.29, 0.717) is 16.6 Å². The van der Waals surface area contributed by atoms with E-state index in [1.807, 2.05) is 11.0 Å². The van der Waals surface area contributed by atoms with Gasteiger partial charge in [-0.2, -0.15) is 0 Å². The quantitative estimate of drug-likeness (QED) is 0.927. The van der Waals surface area contributed by atoms with Gasteiger partial charge in [0.15, 0.2) is 0 Å². The zero-order chi connectivity index (χ0) is 13.8. The fourth-order valence-electron chi connectivity index (χ4n) is 2.32. The van der Waals surface area contributed by atoms with Crippen LogP contribution in [-0.2, 0) is 4.79 Å². The minimum atomic E-state index is -0.0954. The van der Waals surface area contributed by atoms with E-state index in [1.54, 1.807) is 12.1 Å². The van der Waals surface area contributed by atoms with Crippen LogP contribution in [0.15, 0.2) is 18.2 Å². The van der Waals surface area contributed by atoms with Crippen molar-refractivity contribution in [3.63, 3.8) is 0 Å². The van der Waals surface area contributed by atoms with Gasteiger partial charge in [-0.3, -0.25) is 4.79 Å². The number of hydrogen-bond acceptors (Lipinski definition) is 2. The van der Waals surface area contributed by atoms with Crippen LogP contribution in [-0.4, -0.2) is 25.0 Å². The van der Waals surface area contributed by atoms with Crippen molar-refractivity contribution in [3.8, 4) is 0 Å². The number of benzene rings is 1. The Kier molecular flexibility index (Phi) is 5.08. The van der Waals surface area contributed by atoms with Gasteiger partial charge in [-0.15, -0.1) is 0 Å². The number of nitrogens with zero attached hydrogens (tertiary/aromatic N) is 1. The Labute approximate surface area is 123 Å². The molecule has 1 fully saturated rings. The van der Waals surface area contributed by atoms with Gasteiger partial charge in [-0.1, -0.05) is 36.5 Å². The molecule has 3 nitrogen and oxygen atoms in total. The van der Waals surface area contributed by atoms with Crippen molar-refractivity contribution in [1.82, 2.24) is 5.32 Å². The van der Waals surface area contributed by atoms with Crippen LogP contribution in [0.3, 0.4) is 0 Å². The molecule has 0 aliphatic carbocycles. The molecule has 0 bridgehead atoms. The highest BCUT2D eigenvalue weighted by molar-refractivity contribution is 6.42. The topological polar surface area (TPSA) is 32.3 Å². The van der Waals surface area contributed by atoms with Gasteiger partial charge in [-0.05, 0) is 37.6 Å². The van der Waals surface area contributed by atoms with Gasteiger partial charge < -0.3 is 10.2 Å². The Morgan fingerprint density at radius 2 is 2.16 bits per heavy atom. The summed E-state index contributed by atoms with van der Waals surface area (Å²) in [6, 6.07) is 5.25. The molecule has 1 heterocycles. The maximum atomic E-state index is 12.5. The third-order valence-electron chi connectivity index (χ3n) is 3.31. The van der Waals surface area contributed by atoms with Crippen LogP contribution in [0.4, 0.5) is 5.69 Å². The van der Waals surface area contributed by atoms with Gasteiger partial charge in [0.25, 0.3) is 0 Å². The maximum absolute atomic E-state index is 12.5. The lowest BCUT2D eigenvalue weighted by molar-refractivity contribution is -0.120. The van der Waals surface area contributed by atoms with Crippen molar-refractivity contribution in [2.24, 2.45) is 0 Å². The molecule has 0 aromatic heterocycles. The first kappa shape index (κ1) is 14.6. The number of hydrogen-bond donors (Lipinski definition) is 1. The fraction of sp³-hybridized carbons (Fsp3) is 0.500. The summed E-state index contributed by atoms with van der Waals surface area (Å²) < 4.78 is 0. The number of carbonyl (C=O) groups is 1. The largest absolute Gasteiger partial charge is 0.311 e. The van der Waals surface area contributed by atoms with Gasteiger partial charge in [0, 0.05) is 12.2 Å². The molecule has 104 valence electrons. The molecule has 1 aliphatic heterocycles. The molecule has 0 spiro atoms. The van der Waals surface area contributed by atoms with Crippen LogP contribution in [0.1, 0.15) is 26.2 Å². The average molecular weight is 301 g/mol. The maximum Gasteiger partial charge on any atom is 0.244 e. The molecular formula is C14H18Cl2N2O. The van der Waals surface area contributed by atoms with Crippen molar-refractivity contribution in [2.75, 3.05) is 18.0 Å². The van der Waals surface area contributed by atoms with Crippen molar-refractivity contribution in [1.29, 1.82) is 0 Å². The van der Waals surface area contributed by atoms with E-state index < -0.39 is 0 Å². The Morgan fingerprint density at radius 1 is 1.37 bits per heavy atom. The summed E-state index contributed by atoms with van der Waals surface area (Å²) in [7, 11) is 0. The molecule has 1 saturated heterocycles. The van der Waals surface area contributed by atoms with E-state index in [9.17, 15) is 4.79 Å². The molecular weight excluding hydrogens is 283 g/mol. The number of rotatable bonds is 3. The predicted octanol–water partition coefficient (Wildman–Crippen LogP) is 3.49. The highest BCUT2D eigenvalue weighted by Crippen LogP contribution is 2.28. The lowest BCUT2D eigenvalue weighted by Crippen LogP contribution is -2.43. The van der Waals surface area contributed by atoms with Crippen molar-refractivity contribution in [3.05, 3.63) is 28.2 Å². The summed E-state index contributed by atoms with van der Waals surface area (Å²) in [5.74, 6) is 0.123. The smallest absolute Gasteiger partial charge is 0.244 e. The third kappa shape index (κ3) is 3.41. The third-order valence-corrected chi connectivity index (χ3v) is 4.04. The molecule has 1 amide bonds. The molecule has 1 atom stereocenters. The highest BCUT2D eigenvalue weighted by Gasteiger charge is 2.27. The molecule has 2 rings (SSSR count). The average Bonchev–Trinajstić information content (AvgIpc) is 2.57. The lowest BCUT2D eigenvalue weighted by Gasteiger charge is -2.24. The molecule has 1 aromatic rings. The Bertz CT molecular complexity index is 465. The van der Waals surface area contributed by atoms with Gasteiger partial charge >= 0.3 is 0 Å². The van der Waals surface area contributed by atoms with Crippen molar-refractivity contribution < 1.29 is 4.79 Å². The van der Waals surface area contributed by atoms with E-state index in [4.69, 9.17) is 23.2 Å². The first-order chi connectivity index (χ1) is 9.13. The second-order valence-corrected chi connectivity index (χ2v) is 5.55. The molecule has 1 N–H and O–H groups in total. The first-order valence-electron chi connectivity index (χ1n) is 6.63. The summed E-state index contributed by atoms with van der Waals surface area (Å²) in [6.07, 6.45) is 2.78.